The highest BCUT2D eigenvalue weighted by atomic mass is 16.1. The van der Waals surface area contributed by atoms with Crippen molar-refractivity contribution < 1.29 is 4.79 Å². The summed E-state index contributed by atoms with van der Waals surface area (Å²) in [6.07, 6.45) is 3.75. The third-order valence-electron chi connectivity index (χ3n) is 1.70. The molecule has 0 aliphatic rings. The molecule has 0 aliphatic heterocycles. The lowest BCUT2D eigenvalue weighted by atomic mass is 10.2. The monoisotopic (exact) mass is 168 g/mol. The van der Waals surface area contributed by atoms with E-state index >= 15 is 0 Å². The number of primary amides is 1. The van der Waals surface area contributed by atoms with Crippen molar-refractivity contribution in [1.29, 1.82) is 0 Å². The minimum atomic E-state index is -0.366. The number of imidazole rings is 1. The fraction of sp³-hybridized carbons (Fsp3) is 0.429. The molecule has 1 aromatic rings. The Kier molecular flexibility index (Phi) is 2.32. The van der Waals surface area contributed by atoms with Crippen molar-refractivity contribution in [3.8, 4) is 0 Å². The van der Waals surface area contributed by atoms with Gasteiger partial charge in [0.15, 0.2) is 0 Å². The molecule has 4 N–H and O–H groups in total. The van der Waals surface area contributed by atoms with Crippen LogP contribution in [0.5, 0.6) is 0 Å². The molecule has 1 heterocycles. The molecule has 5 heteroatoms. The molecule has 1 atom stereocenters. The summed E-state index contributed by atoms with van der Waals surface area (Å²) in [5.41, 5.74) is 10.5. The van der Waals surface area contributed by atoms with Crippen LogP contribution in [0.4, 0.5) is 5.82 Å². The second-order valence-corrected chi connectivity index (χ2v) is 2.57. The van der Waals surface area contributed by atoms with Gasteiger partial charge in [0.05, 0.1) is 6.33 Å². The summed E-state index contributed by atoms with van der Waals surface area (Å²) in [6.45, 7) is 1.88. The molecule has 1 aromatic heterocycles. The lowest BCUT2D eigenvalue weighted by Crippen LogP contribution is -2.25. The number of carbonyl (C=O) groups is 1. The van der Waals surface area contributed by atoms with Crippen LogP contribution in [0.1, 0.15) is 19.4 Å². The topological polar surface area (TPSA) is 86.9 Å². The number of amides is 1. The van der Waals surface area contributed by atoms with Crippen molar-refractivity contribution in [3.63, 3.8) is 0 Å². The molecule has 0 aromatic carbocycles. The van der Waals surface area contributed by atoms with Crippen LogP contribution in [-0.4, -0.2) is 15.5 Å². The Morgan fingerprint density at radius 2 is 2.50 bits per heavy atom. The molecule has 0 spiro atoms. The maximum atomic E-state index is 10.9. The number of nitrogens with two attached hydrogens (primary N) is 2. The molecule has 12 heavy (non-hydrogen) atoms. The quantitative estimate of drug-likeness (QED) is 0.660. The van der Waals surface area contributed by atoms with Crippen molar-refractivity contribution in [1.82, 2.24) is 9.55 Å². The van der Waals surface area contributed by atoms with Gasteiger partial charge >= 0.3 is 0 Å². The van der Waals surface area contributed by atoms with E-state index in [0.29, 0.717) is 12.2 Å². The van der Waals surface area contributed by atoms with E-state index in [1.807, 2.05) is 6.92 Å². The summed E-state index contributed by atoms with van der Waals surface area (Å²) < 4.78 is 1.62. The fourth-order valence-corrected chi connectivity index (χ4v) is 1.08. The van der Waals surface area contributed by atoms with Crippen LogP contribution >= 0.6 is 0 Å². The average Bonchev–Trinajstić information content (AvgIpc) is 2.37. The normalized spacial score (nSPS) is 12.8. The molecule has 1 unspecified atom stereocenters. The number of carbonyl (C=O) groups excluding carboxylic acids is 1. The number of nitrogen functional groups attached to an aromatic ring is 1. The number of aromatic nitrogens is 2. The first-order valence-electron chi connectivity index (χ1n) is 3.73. The third kappa shape index (κ3) is 1.55. The fourth-order valence-electron chi connectivity index (χ4n) is 1.08. The van der Waals surface area contributed by atoms with Crippen LogP contribution < -0.4 is 11.5 Å². The summed E-state index contributed by atoms with van der Waals surface area (Å²) in [6, 6.07) is -0.338. The van der Waals surface area contributed by atoms with Crippen LogP contribution in [-0.2, 0) is 4.79 Å². The molecule has 5 nitrogen and oxygen atoms in total. The Hall–Kier alpha value is -1.52. The standard InChI is InChI=1S/C7H12N4O/c1-2-5(7(9)12)11-3-6(8)10-4-11/h3-5H,2,8H2,1H3,(H2,9,12). The zero-order valence-electron chi connectivity index (χ0n) is 6.90. The van der Waals surface area contributed by atoms with E-state index in [0.717, 1.165) is 0 Å². The van der Waals surface area contributed by atoms with Crippen LogP contribution in [0.3, 0.4) is 0 Å². The van der Waals surface area contributed by atoms with Gasteiger partial charge in [0.2, 0.25) is 5.91 Å². The van der Waals surface area contributed by atoms with Gasteiger partial charge in [0, 0.05) is 6.20 Å². The van der Waals surface area contributed by atoms with E-state index in [2.05, 4.69) is 4.98 Å². The van der Waals surface area contributed by atoms with E-state index in [1.54, 1.807) is 10.8 Å². The van der Waals surface area contributed by atoms with Gasteiger partial charge in [0.25, 0.3) is 0 Å². The Balaban J connectivity index is 2.87. The number of rotatable bonds is 3. The van der Waals surface area contributed by atoms with Crippen molar-refractivity contribution >= 4 is 11.7 Å². The highest BCUT2D eigenvalue weighted by Crippen LogP contribution is 2.11. The van der Waals surface area contributed by atoms with Crippen LogP contribution in [0, 0.1) is 0 Å². The largest absolute Gasteiger partial charge is 0.382 e. The average molecular weight is 168 g/mol. The highest BCUT2D eigenvalue weighted by molar-refractivity contribution is 5.78. The van der Waals surface area contributed by atoms with Gasteiger partial charge < -0.3 is 16.0 Å². The first kappa shape index (κ1) is 8.58. The van der Waals surface area contributed by atoms with Crippen LogP contribution in [0.15, 0.2) is 12.5 Å². The summed E-state index contributed by atoms with van der Waals surface area (Å²) in [5, 5.41) is 0. The molecule has 0 saturated carbocycles. The maximum absolute atomic E-state index is 10.9. The maximum Gasteiger partial charge on any atom is 0.240 e. The number of hydrogen-bond acceptors (Lipinski definition) is 3. The van der Waals surface area contributed by atoms with Gasteiger partial charge in [-0.2, -0.15) is 0 Å². The van der Waals surface area contributed by atoms with Gasteiger partial charge in [-0.25, -0.2) is 4.98 Å². The molecule has 1 amide bonds. The number of hydrogen-bond donors (Lipinski definition) is 2. The zero-order chi connectivity index (χ0) is 9.14. The predicted molar refractivity (Wildman–Crippen MR) is 45.2 cm³/mol. The second kappa shape index (κ2) is 3.25. The smallest absolute Gasteiger partial charge is 0.240 e. The predicted octanol–water partition coefficient (Wildman–Crippen LogP) is -0.0983. The lowest BCUT2D eigenvalue weighted by molar-refractivity contribution is -0.121. The van der Waals surface area contributed by atoms with E-state index in [-0.39, 0.29) is 11.9 Å². The van der Waals surface area contributed by atoms with E-state index in [1.165, 1.54) is 6.33 Å². The van der Waals surface area contributed by atoms with E-state index in [4.69, 9.17) is 11.5 Å². The van der Waals surface area contributed by atoms with Crippen molar-refractivity contribution in [3.05, 3.63) is 12.5 Å². The Morgan fingerprint density at radius 3 is 2.83 bits per heavy atom. The minimum absolute atomic E-state index is 0.338. The number of anilines is 1. The van der Waals surface area contributed by atoms with Gasteiger partial charge in [0.1, 0.15) is 11.9 Å². The van der Waals surface area contributed by atoms with Crippen molar-refractivity contribution in [2.45, 2.75) is 19.4 Å². The Morgan fingerprint density at radius 1 is 1.83 bits per heavy atom. The van der Waals surface area contributed by atoms with Crippen molar-refractivity contribution in [2.24, 2.45) is 5.73 Å². The summed E-state index contributed by atoms with van der Waals surface area (Å²) in [4.78, 5) is 14.7. The SMILES string of the molecule is CCC(C(N)=O)n1cnc(N)c1. The first-order valence-corrected chi connectivity index (χ1v) is 3.73. The number of nitrogens with zero attached hydrogens (tertiary/aromatic N) is 2. The van der Waals surface area contributed by atoms with Gasteiger partial charge in [-0.15, -0.1) is 0 Å². The molecular formula is C7H12N4O. The highest BCUT2D eigenvalue weighted by Gasteiger charge is 2.14. The summed E-state index contributed by atoms with van der Waals surface area (Å²) in [5.74, 6) is 0.0320. The Labute approximate surface area is 70.4 Å². The molecule has 0 radical (unpaired) electrons. The summed E-state index contributed by atoms with van der Waals surface area (Å²) in [7, 11) is 0. The van der Waals surface area contributed by atoms with Crippen LogP contribution in [0.25, 0.3) is 0 Å². The molecule has 0 bridgehead atoms. The van der Waals surface area contributed by atoms with Gasteiger partial charge in [-0.3, -0.25) is 4.79 Å². The lowest BCUT2D eigenvalue weighted by Gasteiger charge is -2.10. The molecular weight excluding hydrogens is 156 g/mol. The van der Waals surface area contributed by atoms with E-state index in [9.17, 15) is 4.79 Å². The van der Waals surface area contributed by atoms with Gasteiger partial charge in [-0.1, -0.05) is 6.92 Å². The third-order valence-corrected chi connectivity index (χ3v) is 1.70. The zero-order valence-corrected chi connectivity index (χ0v) is 6.90. The van der Waals surface area contributed by atoms with Crippen molar-refractivity contribution in [2.75, 3.05) is 5.73 Å². The first-order chi connectivity index (χ1) is 5.65. The molecule has 1 rings (SSSR count). The molecule has 66 valence electrons. The summed E-state index contributed by atoms with van der Waals surface area (Å²) >= 11 is 0. The molecule has 0 aliphatic carbocycles. The minimum Gasteiger partial charge on any atom is -0.382 e. The van der Waals surface area contributed by atoms with Crippen LogP contribution in [0.2, 0.25) is 0 Å². The second-order valence-electron chi connectivity index (χ2n) is 2.57. The molecule has 0 fully saturated rings. The van der Waals surface area contributed by atoms with E-state index < -0.39 is 0 Å². The van der Waals surface area contributed by atoms with Gasteiger partial charge in [-0.05, 0) is 6.42 Å². The molecule has 0 saturated heterocycles. The Bertz CT molecular complexity index is 281.